The molecule has 1 aromatic heterocycles. The van der Waals surface area contributed by atoms with Crippen LogP contribution in [0.4, 0.5) is 5.69 Å². The molecule has 2 aromatic carbocycles. The maximum absolute atomic E-state index is 13.8. The average molecular weight is 434 g/mol. The van der Waals surface area contributed by atoms with E-state index in [1.807, 2.05) is 42.5 Å². The monoisotopic (exact) mass is 433 g/mol. The van der Waals surface area contributed by atoms with Gasteiger partial charge in [0, 0.05) is 23.2 Å². The van der Waals surface area contributed by atoms with E-state index in [9.17, 15) is 9.59 Å². The first-order valence-corrected chi connectivity index (χ1v) is 10.5. The van der Waals surface area contributed by atoms with Crippen molar-refractivity contribution in [2.24, 2.45) is 0 Å². The lowest BCUT2D eigenvalue weighted by atomic mass is 10.1. The number of benzene rings is 2. The number of ether oxygens (including phenoxy) is 1. The predicted octanol–water partition coefficient (Wildman–Crippen LogP) is 3.94. The highest BCUT2D eigenvalue weighted by Gasteiger charge is 2.45. The molecule has 0 radical (unpaired) electrons. The van der Waals surface area contributed by atoms with E-state index in [4.69, 9.17) is 16.3 Å². The number of rotatable bonds is 3. The topological polar surface area (TPSA) is 62.7 Å². The molecule has 5 rings (SSSR count). The maximum Gasteiger partial charge on any atom is 0.254 e. The van der Waals surface area contributed by atoms with Crippen LogP contribution in [0, 0.1) is 0 Å². The number of hydrogen-bond acceptors (Lipinski definition) is 4. The molecule has 3 aromatic rings. The van der Waals surface area contributed by atoms with Gasteiger partial charge in [0.2, 0.25) is 5.91 Å². The van der Waals surface area contributed by atoms with Gasteiger partial charge in [0.1, 0.15) is 17.9 Å². The van der Waals surface area contributed by atoms with E-state index in [2.05, 4.69) is 4.98 Å². The number of halogens is 1. The van der Waals surface area contributed by atoms with Crippen molar-refractivity contribution in [3.05, 3.63) is 89.2 Å². The Labute approximate surface area is 185 Å². The van der Waals surface area contributed by atoms with E-state index in [-0.39, 0.29) is 17.9 Å². The number of nitrogens with zero attached hydrogens (tertiary/aromatic N) is 3. The molecular weight excluding hydrogens is 414 g/mol. The third-order valence-corrected chi connectivity index (χ3v) is 5.91. The first-order chi connectivity index (χ1) is 15.1. The summed E-state index contributed by atoms with van der Waals surface area (Å²) in [5.41, 5.74) is 1.95. The Hall–Kier alpha value is -3.38. The molecule has 2 atom stereocenters. The summed E-state index contributed by atoms with van der Waals surface area (Å²) in [5, 5.41) is 0.557. The fourth-order valence-corrected chi connectivity index (χ4v) is 4.30. The number of carbonyl (C=O) groups excluding carboxylic acids is 2. The fourth-order valence-electron chi connectivity index (χ4n) is 4.17. The normalized spacial score (nSPS) is 20.0. The van der Waals surface area contributed by atoms with Crippen molar-refractivity contribution in [2.75, 3.05) is 11.4 Å². The van der Waals surface area contributed by atoms with Crippen LogP contribution in [0.25, 0.3) is 0 Å². The van der Waals surface area contributed by atoms with Gasteiger partial charge in [-0.3, -0.25) is 14.6 Å². The summed E-state index contributed by atoms with van der Waals surface area (Å²) in [6.45, 7) is 0.647. The van der Waals surface area contributed by atoms with Gasteiger partial charge in [-0.2, -0.15) is 0 Å². The van der Waals surface area contributed by atoms with Crippen molar-refractivity contribution in [1.82, 2.24) is 9.88 Å². The molecule has 2 unspecified atom stereocenters. The van der Waals surface area contributed by atoms with Crippen LogP contribution in [-0.2, 0) is 11.3 Å². The lowest BCUT2D eigenvalue weighted by Crippen LogP contribution is -2.48. The van der Waals surface area contributed by atoms with Crippen molar-refractivity contribution in [3.8, 4) is 5.75 Å². The van der Waals surface area contributed by atoms with Gasteiger partial charge in [0.05, 0.1) is 24.5 Å². The molecule has 2 aliphatic rings. The third kappa shape index (κ3) is 3.75. The minimum Gasteiger partial charge on any atom is -0.486 e. The molecule has 0 N–H and O–H groups in total. The number of pyridine rings is 1. The van der Waals surface area contributed by atoms with Gasteiger partial charge in [-0.15, -0.1) is 0 Å². The summed E-state index contributed by atoms with van der Waals surface area (Å²) in [7, 11) is 0. The predicted molar refractivity (Wildman–Crippen MR) is 117 cm³/mol. The SMILES string of the molecule is O=C1C2CC(CN2C(=O)c2ccc(Cl)cc2)Oc2ccccc2N1Cc1ccccn1. The molecule has 7 heteroatoms. The molecule has 0 aliphatic carbocycles. The second kappa shape index (κ2) is 8.04. The first-order valence-electron chi connectivity index (χ1n) is 10.1. The fraction of sp³-hybridized carbons (Fsp3) is 0.208. The molecule has 2 aliphatic heterocycles. The second-order valence-electron chi connectivity index (χ2n) is 7.67. The standard InChI is InChI=1S/C24H20ClN3O3/c25-17-10-8-16(9-11-17)23(29)28-15-19-13-21(28)24(30)27(14-18-5-3-4-12-26-18)20-6-1-2-7-22(20)31-19/h1-12,19,21H,13-15H2. The lowest BCUT2D eigenvalue weighted by Gasteiger charge is -2.31. The number of likely N-dealkylation sites (tertiary alicyclic amines) is 1. The zero-order valence-electron chi connectivity index (χ0n) is 16.6. The van der Waals surface area contributed by atoms with Gasteiger partial charge in [-0.1, -0.05) is 29.8 Å². The van der Waals surface area contributed by atoms with E-state index < -0.39 is 6.04 Å². The molecule has 3 heterocycles. The van der Waals surface area contributed by atoms with Gasteiger partial charge in [-0.25, -0.2) is 0 Å². The number of amides is 2. The molecule has 1 fully saturated rings. The summed E-state index contributed by atoms with van der Waals surface area (Å²) in [6.07, 6.45) is 1.91. The lowest BCUT2D eigenvalue weighted by molar-refractivity contribution is -0.122. The van der Waals surface area contributed by atoms with Crippen molar-refractivity contribution in [1.29, 1.82) is 0 Å². The van der Waals surface area contributed by atoms with Crippen LogP contribution in [0.2, 0.25) is 5.02 Å². The molecular formula is C24H20ClN3O3. The third-order valence-electron chi connectivity index (χ3n) is 5.66. The Morgan fingerprint density at radius 2 is 1.84 bits per heavy atom. The molecule has 0 saturated carbocycles. The van der Waals surface area contributed by atoms with E-state index in [0.29, 0.717) is 41.5 Å². The van der Waals surface area contributed by atoms with Crippen molar-refractivity contribution < 1.29 is 14.3 Å². The van der Waals surface area contributed by atoms with Gasteiger partial charge in [0.25, 0.3) is 5.91 Å². The summed E-state index contributed by atoms with van der Waals surface area (Å²) in [4.78, 5) is 34.7. The van der Waals surface area contributed by atoms with Crippen molar-refractivity contribution >= 4 is 29.1 Å². The Kier molecular flexibility index (Phi) is 5.08. The Morgan fingerprint density at radius 1 is 1.06 bits per heavy atom. The quantitative estimate of drug-likeness (QED) is 0.627. The summed E-state index contributed by atoms with van der Waals surface area (Å²) < 4.78 is 6.25. The molecule has 2 amide bonds. The van der Waals surface area contributed by atoms with E-state index in [1.165, 1.54) is 0 Å². The first kappa shape index (κ1) is 19.6. The van der Waals surface area contributed by atoms with Crippen molar-refractivity contribution in [2.45, 2.75) is 25.1 Å². The van der Waals surface area contributed by atoms with Crippen LogP contribution in [-0.4, -0.2) is 40.4 Å². The number of para-hydroxylation sites is 2. The molecule has 31 heavy (non-hydrogen) atoms. The van der Waals surface area contributed by atoms with Gasteiger partial charge in [-0.05, 0) is 48.5 Å². The number of carbonyl (C=O) groups is 2. The van der Waals surface area contributed by atoms with E-state index in [1.54, 1.807) is 40.3 Å². The van der Waals surface area contributed by atoms with Crippen LogP contribution in [0.1, 0.15) is 22.5 Å². The minimum absolute atomic E-state index is 0.133. The zero-order valence-corrected chi connectivity index (χ0v) is 17.4. The molecule has 6 nitrogen and oxygen atoms in total. The Balaban J connectivity index is 1.52. The molecule has 0 spiro atoms. The molecule has 156 valence electrons. The van der Waals surface area contributed by atoms with Crippen LogP contribution in [0.3, 0.4) is 0 Å². The van der Waals surface area contributed by atoms with Gasteiger partial charge < -0.3 is 14.5 Å². The highest BCUT2D eigenvalue weighted by atomic mass is 35.5. The Bertz CT molecular complexity index is 1120. The Morgan fingerprint density at radius 3 is 2.61 bits per heavy atom. The summed E-state index contributed by atoms with van der Waals surface area (Å²) >= 11 is 5.97. The average Bonchev–Trinajstić information content (AvgIpc) is 3.22. The van der Waals surface area contributed by atoms with Crippen LogP contribution in [0.5, 0.6) is 5.75 Å². The number of anilines is 1. The van der Waals surface area contributed by atoms with Crippen LogP contribution in [0.15, 0.2) is 72.9 Å². The number of hydrogen-bond donors (Lipinski definition) is 0. The van der Waals surface area contributed by atoms with E-state index >= 15 is 0 Å². The van der Waals surface area contributed by atoms with Crippen LogP contribution >= 0.6 is 11.6 Å². The number of aromatic nitrogens is 1. The molecule has 2 bridgehead atoms. The van der Waals surface area contributed by atoms with Gasteiger partial charge in [0.15, 0.2) is 0 Å². The highest BCUT2D eigenvalue weighted by molar-refractivity contribution is 6.30. The maximum atomic E-state index is 13.8. The van der Waals surface area contributed by atoms with Crippen molar-refractivity contribution in [3.63, 3.8) is 0 Å². The minimum atomic E-state index is -0.606. The zero-order chi connectivity index (χ0) is 21.4. The smallest absolute Gasteiger partial charge is 0.254 e. The summed E-state index contributed by atoms with van der Waals surface area (Å²) in [5.74, 6) is 0.298. The number of fused-ring (bicyclic) bond motifs is 3. The van der Waals surface area contributed by atoms with E-state index in [0.717, 1.165) is 5.69 Å². The van der Waals surface area contributed by atoms with Crippen LogP contribution < -0.4 is 9.64 Å². The van der Waals surface area contributed by atoms with Gasteiger partial charge >= 0.3 is 0 Å². The summed E-state index contributed by atoms with van der Waals surface area (Å²) in [6, 6.07) is 19.2. The highest BCUT2D eigenvalue weighted by Crippen LogP contribution is 2.37. The molecule has 1 saturated heterocycles. The largest absolute Gasteiger partial charge is 0.486 e. The second-order valence-corrected chi connectivity index (χ2v) is 8.11.